The topological polar surface area (TPSA) is 76.0 Å². The zero-order chi connectivity index (χ0) is 14.9. The van der Waals surface area contributed by atoms with Crippen molar-refractivity contribution in [2.45, 2.75) is 33.1 Å². The fourth-order valence-corrected chi connectivity index (χ4v) is 2.36. The molecule has 0 saturated heterocycles. The van der Waals surface area contributed by atoms with Gasteiger partial charge in [-0.05, 0) is 49.9 Å². The minimum Gasteiger partial charge on any atom is -0.364 e. The number of H-pyrrole nitrogens is 1. The molecule has 2 aromatic rings. The number of carbonyl (C=O) groups excluding carboxylic acids is 2. The predicted molar refractivity (Wildman–Crippen MR) is 75.1 cm³/mol. The van der Waals surface area contributed by atoms with E-state index < -0.39 is 5.91 Å². The second-order valence-corrected chi connectivity index (χ2v) is 5.05. The molecule has 0 bridgehead atoms. The Morgan fingerprint density at radius 3 is 2.65 bits per heavy atom. The van der Waals surface area contributed by atoms with Crippen LogP contribution in [0.25, 0.3) is 10.9 Å². The quantitative estimate of drug-likeness (QED) is 0.880. The largest absolute Gasteiger partial charge is 0.364 e. The van der Waals surface area contributed by atoms with Gasteiger partial charge in [-0.3, -0.25) is 4.79 Å². The summed E-state index contributed by atoms with van der Waals surface area (Å²) in [5.74, 6) is -0.796. The molecule has 1 amide bonds. The lowest BCUT2D eigenvalue weighted by Gasteiger charge is -2.02. The molecule has 0 saturated carbocycles. The highest BCUT2D eigenvalue weighted by atomic mass is 19.1. The van der Waals surface area contributed by atoms with Crippen LogP contribution in [0.2, 0.25) is 0 Å². The van der Waals surface area contributed by atoms with Gasteiger partial charge in [-0.2, -0.15) is 0 Å². The zero-order valence-corrected chi connectivity index (χ0v) is 11.5. The maximum absolute atomic E-state index is 13.6. The number of hydrogen-bond acceptors (Lipinski definition) is 2. The molecule has 3 N–H and O–H groups in total. The molecule has 20 heavy (non-hydrogen) atoms. The van der Waals surface area contributed by atoms with E-state index in [4.69, 9.17) is 5.73 Å². The average molecular weight is 276 g/mol. The molecule has 0 atom stereocenters. The van der Waals surface area contributed by atoms with Crippen molar-refractivity contribution in [3.63, 3.8) is 0 Å². The monoisotopic (exact) mass is 276 g/mol. The Bertz CT molecular complexity index is 689. The number of halogens is 1. The van der Waals surface area contributed by atoms with Crippen LogP contribution in [0.5, 0.6) is 0 Å². The van der Waals surface area contributed by atoms with E-state index >= 15 is 0 Å². The Hall–Kier alpha value is -2.17. The molecular weight excluding hydrogens is 259 g/mol. The van der Waals surface area contributed by atoms with E-state index in [2.05, 4.69) is 4.98 Å². The minimum atomic E-state index is -0.572. The normalized spacial score (nSPS) is 10.9. The summed E-state index contributed by atoms with van der Waals surface area (Å²) in [5, 5.41) is 0.793. The Kier molecular flexibility index (Phi) is 3.88. The number of hydrogen-bond donors (Lipinski definition) is 2. The van der Waals surface area contributed by atoms with Crippen molar-refractivity contribution >= 4 is 22.6 Å². The van der Waals surface area contributed by atoms with Crippen LogP contribution in [0.4, 0.5) is 4.39 Å². The molecule has 0 unspecified atom stereocenters. The molecule has 1 aromatic heterocycles. The third-order valence-corrected chi connectivity index (χ3v) is 3.39. The number of fused-ring (bicyclic) bond motifs is 1. The summed E-state index contributed by atoms with van der Waals surface area (Å²) in [4.78, 5) is 25.4. The van der Waals surface area contributed by atoms with Crippen molar-refractivity contribution in [1.82, 2.24) is 4.98 Å². The van der Waals surface area contributed by atoms with Gasteiger partial charge < -0.3 is 15.5 Å². The first-order chi connectivity index (χ1) is 9.40. The van der Waals surface area contributed by atoms with E-state index in [9.17, 15) is 14.0 Å². The highest BCUT2D eigenvalue weighted by Crippen LogP contribution is 2.26. The van der Waals surface area contributed by atoms with Gasteiger partial charge in [0.25, 0.3) is 5.91 Å². The van der Waals surface area contributed by atoms with E-state index in [1.165, 1.54) is 13.0 Å². The van der Waals surface area contributed by atoms with Gasteiger partial charge >= 0.3 is 0 Å². The number of rotatable bonds is 5. The molecule has 106 valence electrons. The fourth-order valence-electron chi connectivity index (χ4n) is 2.36. The average Bonchev–Trinajstić information content (AvgIpc) is 2.68. The number of aromatic nitrogens is 1. The standard InChI is InChI=1S/C15H17FN2O2/c1-8-6-11-10(5-3-4-9(2)19)14(15(17)20)18-13(11)7-12(8)16/h6-7,18H,3-5H2,1-2H3,(H2,17,20). The maximum atomic E-state index is 13.6. The number of aryl methyl sites for hydroxylation is 2. The molecule has 1 aromatic carbocycles. The molecule has 5 heteroatoms. The van der Waals surface area contributed by atoms with Crippen molar-refractivity contribution in [3.05, 3.63) is 34.8 Å². The minimum absolute atomic E-state index is 0.104. The van der Waals surface area contributed by atoms with Gasteiger partial charge in [-0.1, -0.05) is 0 Å². The molecule has 0 spiro atoms. The Morgan fingerprint density at radius 2 is 2.05 bits per heavy atom. The lowest BCUT2D eigenvalue weighted by molar-refractivity contribution is -0.117. The van der Waals surface area contributed by atoms with Crippen molar-refractivity contribution in [2.75, 3.05) is 0 Å². The summed E-state index contributed by atoms with van der Waals surface area (Å²) >= 11 is 0. The number of carbonyl (C=O) groups is 2. The Labute approximate surface area is 116 Å². The first kappa shape index (κ1) is 14.2. The molecule has 0 aliphatic heterocycles. The van der Waals surface area contributed by atoms with Crippen molar-refractivity contribution in [1.29, 1.82) is 0 Å². The van der Waals surface area contributed by atoms with Crippen molar-refractivity contribution in [2.24, 2.45) is 5.73 Å². The van der Waals surface area contributed by atoms with Crippen LogP contribution in [0.1, 0.15) is 41.4 Å². The lowest BCUT2D eigenvalue weighted by atomic mass is 10.0. The van der Waals surface area contributed by atoms with E-state index in [-0.39, 0.29) is 11.6 Å². The smallest absolute Gasteiger partial charge is 0.265 e. The van der Waals surface area contributed by atoms with Crippen LogP contribution in [-0.4, -0.2) is 16.7 Å². The number of nitrogens with one attached hydrogen (secondary N) is 1. The first-order valence-electron chi connectivity index (χ1n) is 6.50. The molecular formula is C15H17FN2O2. The van der Waals surface area contributed by atoms with Gasteiger partial charge in [-0.15, -0.1) is 0 Å². The summed E-state index contributed by atoms with van der Waals surface area (Å²) in [6.07, 6.45) is 1.65. The second kappa shape index (κ2) is 5.45. The van der Waals surface area contributed by atoms with Crippen LogP contribution < -0.4 is 5.73 Å². The Balaban J connectivity index is 2.47. The molecule has 1 heterocycles. The number of benzene rings is 1. The third-order valence-electron chi connectivity index (χ3n) is 3.39. The zero-order valence-electron chi connectivity index (χ0n) is 11.5. The van der Waals surface area contributed by atoms with E-state index in [0.717, 1.165) is 10.9 Å². The number of ketones is 1. The van der Waals surface area contributed by atoms with Crippen LogP contribution in [0, 0.1) is 12.7 Å². The molecule has 4 nitrogen and oxygen atoms in total. The number of amides is 1. The van der Waals surface area contributed by atoms with Crippen molar-refractivity contribution in [3.8, 4) is 0 Å². The highest BCUT2D eigenvalue weighted by molar-refractivity contribution is 6.00. The summed E-state index contributed by atoms with van der Waals surface area (Å²) < 4.78 is 13.6. The second-order valence-electron chi connectivity index (χ2n) is 5.05. The summed E-state index contributed by atoms with van der Waals surface area (Å²) in [6.45, 7) is 3.20. The lowest BCUT2D eigenvalue weighted by Crippen LogP contribution is -2.13. The predicted octanol–water partition coefficient (Wildman–Crippen LogP) is 2.63. The van der Waals surface area contributed by atoms with Crippen LogP contribution >= 0.6 is 0 Å². The van der Waals surface area contributed by atoms with E-state index in [0.29, 0.717) is 36.0 Å². The molecule has 0 radical (unpaired) electrons. The van der Waals surface area contributed by atoms with Gasteiger partial charge in [0.2, 0.25) is 0 Å². The number of primary amides is 1. The van der Waals surface area contributed by atoms with Crippen LogP contribution in [0.15, 0.2) is 12.1 Å². The van der Waals surface area contributed by atoms with E-state index in [1.807, 2.05) is 0 Å². The third kappa shape index (κ3) is 2.71. The van der Waals surface area contributed by atoms with Gasteiger partial charge in [0.1, 0.15) is 17.3 Å². The summed E-state index contributed by atoms with van der Waals surface area (Å²) in [5.41, 5.74) is 7.49. The van der Waals surface area contributed by atoms with Gasteiger partial charge in [0.15, 0.2) is 0 Å². The summed E-state index contributed by atoms with van der Waals surface area (Å²) in [7, 11) is 0. The van der Waals surface area contributed by atoms with Crippen molar-refractivity contribution < 1.29 is 14.0 Å². The van der Waals surface area contributed by atoms with Crippen LogP contribution in [0.3, 0.4) is 0 Å². The van der Waals surface area contributed by atoms with E-state index in [1.54, 1.807) is 13.0 Å². The number of Topliss-reactive ketones (excluding diaryl/α,β-unsaturated/α-hetero) is 1. The van der Waals surface area contributed by atoms with Gasteiger partial charge in [-0.25, -0.2) is 4.39 Å². The Morgan fingerprint density at radius 1 is 1.35 bits per heavy atom. The fraction of sp³-hybridized carbons (Fsp3) is 0.333. The van der Waals surface area contributed by atoms with Gasteiger partial charge in [0, 0.05) is 17.3 Å². The number of nitrogens with two attached hydrogens (primary N) is 1. The first-order valence-corrected chi connectivity index (χ1v) is 6.50. The van der Waals surface area contributed by atoms with Crippen LogP contribution in [-0.2, 0) is 11.2 Å². The highest BCUT2D eigenvalue weighted by Gasteiger charge is 2.16. The molecule has 0 aliphatic carbocycles. The summed E-state index contributed by atoms with van der Waals surface area (Å²) in [6, 6.07) is 3.07. The maximum Gasteiger partial charge on any atom is 0.265 e. The molecule has 0 fully saturated rings. The molecule has 0 aliphatic rings. The SMILES string of the molecule is CC(=O)CCCc1c(C(N)=O)[nH]c2cc(F)c(C)cc12. The number of aromatic amines is 1. The molecule has 2 rings (SSSR count). The van der Waals surface area contributed by atoms with Gasteiger partial charge in [0.05, 0.1) is 0 Å².